The highest BCUT2D eigenvalue weighted by atomic mass is 35.5. The van der Waals surface area contributed by atoms with Crippen LogP contribution in [0.5, 0.6) is 11.6 Å². The van der Waals surface area contributed by atoms with Crippen LogP contribution < -0.4 is 21.1 Å². The van der Waals surface area contributed by atoms with E-state index in [1.165, 1.54) is 23.7 Å². The van der Waals surface area contributed by atoms with Gasteiger partial charge < -0.3 is 15.8 Å². The van der Waals surface area contributed by atoms with E-state index in [0.29, 0.717) is 27.2 Å². The highest BCUT2D eigenvalue weighted by Gasteiger charge is 2.12. The van der Waals surface area contributed by atoms with E-state index in [9.17, 15) is 4.79 Å². The molecule has 27 heavy (non-hydrogen) atoms. The fourth-order valence-electron chi connectivity index (χ4n) is 2.10. The van der Waals surface area contributed by atoms with Crippen molar-refractivity contribution in [3.63, 3.8) is 0 Å². The molecule has 0 unspecified atom stereocenters. The lowest BCUT2D eigenvalue weighted by Gasteiger charge is -2.11. The van der Waals surface area contributed by atoms with Crippen LogP contribution in [0.2, 0.25) is 5.02 Å². The molecule has 0 saturated carbocycles. The minimum atomic E-state index is -0.447. The molecule has 138 valence electrons. The van der Waals surface area contributed by atoms with E-state index in [4.69, 9.17) is 22.1 Å². The van der Waals surface area contributed by atoms with Crippen molar-refractivity contribution in [2.45, 2.75) is 6.92 Å². The van der Waals surface area contributed by atoms with E-state index < -0.39 is 6.03 Å². The lowest BCUT2D eigenvalue weighted by atomic mass is 10.3. The molecule has 0 aliphatic rings. The minimum absolute atomic E-state index is 0.256. The van der Waals surface area contributed by atoms with Gasteiger partial charge in [-0.2, -0.15) is 0 Å². The van der Waals surface area contributed by atoms with Crippen LogP contribution in [0.1, 0.15) is 11.3 Å². The van der Waals surface area contributed by atoms with Crippen LogP contribution in [0.15, 0.2) is 36.5 Å². The Morgan fingerprint density at radius 2 is 2.19 bits per heavy atom. The van der Waals surface area contributed by atoms with E-state index in [1.54, 1.807) is 18.2 Å². The first-order valence-corrected chi connectivity index (χ1v) is 8.92. The van der Waals surface area contributed by atoms with Gasteiger partial charge in [0.05, 0.1) is 22.0 Å². The third-order valence-electron chi connectivity index (χ3n) is 3.33. The summed E-state index contributed by atoms with van der Waals surface area (Å²) in [5, 5.41) is 7.93. The van der Waals surface area contributed by atoms with Crippen molar-refractivity contribution in [1.82, 2.24) is 15.0 Å². The topological polar surface area (TPSA) is 115 Å². The molecule has 0 atom stereocenters. The highest BCUT2D eigenvalue weighted by Crippen LogP contribution is 2.31. The Labute approximate surface area is 164 Å². The van der Waals surface area contributed by atoms with Gasteiger partial charge in [0, 0.05) is 11.4 Å². The molecule has 0 spiro atoms. The third kappa shape index (κ3) is 4.52. The summed E-state index contributed by atoms with van der Waals surface area (Å²) in [4.78, 5) is 24.1. The predicted octanol–water partition coefficient (Wildman–Crippen LogP) is 4.56. The third-order valence-corrected chi connectivity index (χ3v) is 4.51. The van der Waals surface area contributed by atoms with Gasteiger partial charge in [-0.05, 0) is 19.1 Å². The Balaban J connectivity index is 1.71. The van der Waals surface area contributed by atoms with Gasteiger partial charge in [-0.1, -0.05) is 24.3 Å². The SMILES string of the molecule is C=Cc1c(N)ncnc1Oc1ccc(NC(=O)Nc2nc(C)cs2)c(Cl)c1. The molecule has 0 aliphatic heterocycles. The van der Waals surface area contributed by atoms with Crippen LogP contribution in [0.25, 0.3) is 6.08 Å². The number of ether oxygens (including phenoxy) is 1. The molecule has 2 amide bonds. The van der Waals surface area contributed by atoms with Crippen LogP contribution in [-0.4, -0.2) is 21.0 Å². The fourth-order valence-corrected chi connectivity index (χ4v) is 3.00. The largest absolute Gasteiger partial charge is 0.438 e. The van der Waals surface area contributed by atoms with Crippen molar-refractivity contribution in [2.75, 3.05) is 16.4 Å². The zero-order valence-corrected chi connectivity index (χ0v) is 15.8. The van der Waals surface area contributed by atoms with Gasteiger partial charge in [0.2, 0.25) is 5.88 Å². The molecule has 0 saturated heterocycles. The number of aryl methyl sites for hydroxylation is 1. The number of nitrogen functional groups attached to an aromatic ring is 1. The molecule has 3 aromatic rings. The molecule has 2 heterocycles. The number of rotatable bonds is 5. The second-order valence-electron chi connectivity index (χ2n) is 5.30. The number of thiazole rings is 1. The average Bonchev–Trinajstić information content (AvgIpc) is 3.02. The number of nitrogens with one attached hydrogen (secondary N) is 2. The molecule has 1 aromatic carbocycles. The number of aromatic nitrogens is 3. The smallest absolute Gasteiger partial charge is 0.325 e. The number of carbonyl (C=O) groups is 1. The number of anilines is 3. The first-order chi connectivity index (χ1) is 13.0. The zero-order chi connectivity index (χ0) is 19.4. The van der Waals surface area contributed by atoms with Gasteiger partial charge >= 0.3 is 6.03 Å². The normalized spacial score (nSPS) is 10.3. The Morgan fingerprint density at radius 1 is 1.37 bits per heavy atom. The number of urea groups is 1. The van der Waals surface area contributed by atoms with Crippen LogP contribution in [-0.2, 0) is 0 Å². The van der Waals surface area contributed by atoms with Crippen molar-refractivity contribution < 1.29 is 9.53 Å². The maximum absolute atomic E-state index is 12.1. The van der Waals surface area contributed by atoms with Gasteiger partial charge in [0.15, 0.2) is 5.13 Å². The molecular weight excluding hydrogens is 388 g/mol. The van der Waals surface area contributed by atoms with Crippen molar-refractivity contribution in [3.8, 4) is 11.6 Å². The molecule has 3 rings (SSSR count). The summed E-state index contributed by atoms with van der Waals surface area (Å²) in [5.41, 5.74) is 7.50. The number of nitrogens with zero attached hydrogens (tertiary/aromatic N) is 3. The van der Waals surface area contributed by atoms with E-state index in [2.05, 4.69) is 32.2 Å². The summed E-state index contributed by atoms with van der Waals surface area (Å²) in [6.45, 7) is 5.51. The van der Waals surface area contributed by atoms with E-state index in [-0.39, 0.29) is 11.7 Å². The zero-order valence-electron chi connectivity index (χ0n) is 14.2. The first kappa shape index (κ1) is 18.6. The molecular formula is C17H15ClN6O2S. The highest BCUT2D eigenvalue weighted by molar-refractivity contribution is 7.13. The number of hydrogen-bond acceptors (Lipinski definition) is 7. The monoisotopic (exact) mass is 402 g/mol. The second-order valence-corrected chi connectivity index (χ2v) is 6.56. The molecule has 0 bridgehead atoms. The number of benzene rings is 1. The summed E-state index contributed by atoms with van der Waals surface area (Å²) < 4.78 is 5.70. The summed E-state index contributed by atoms with van der Waals surface area (Å²) in [6, 6.07) is 4.36. The lowest BCUT2D eigenvalue weighted by molar-refractivity contribution is 0.262. The van der Waals surface area contributed by atoms with Crippen molar-refractivity contribution in [1.29, 1.82) is 0 Å². The quantitative estimate of drug-likeness (QED) is 0.576. The second kappa shape index (κ2) is 8.02. The minimum Gasteiger partial charge on any atom is -0.438 e. The maximum Gasteiger partial charge on any atom is 0.325 e. The number of halogens is 1. The number of nitrogens with two attached hydrogens (primary N) is 1. The Kier molecular flexibility index (Phi) is 5.53. The molecule has 4 N–H and O–H groups in total. The number of amides is 2. The van der Waals surface area contributed by atoms with Gasteiger partial charge in [0.1, 0.15) is 17.9 Å². The van der Waals surface area contributed by atoms with Crippen molar-refractivity contribution >= 4 is 51.7 Å². The van der Waals surface area contributed by atoms with Gasteiger partial charge in [-0.15, -0.1) is 11.3 Å². The lowest BCUT2D eigenvalue weighted by Crippen LogP contribution is -2.19. The van der Waals surface area contributed by atoms with Crippen LogP contribution in [0.3, 0.4) is 0 Å². The van der Waals surface area contributed by atoms with Gasteiger partial charge in [-0.3, -0.25) is 5.32 Å². The summed E-state index contributed by atoms with van der Waals surface area (Å²) in [7, 11) is 0. The maximum atomic E-state index is 12.1. The number of hydrogen-bond donors (Lipinski definition) is 3. The van der Waals surface area contributed by atoms with Crippen molar-refractivity contribution in [3.05, 3.63) is 52.8 Å². The van der Waals surface area contributed by atoms with Gasteiger partial charge in [-0.25, -0.2) is 19.7 Å². The molecule has 8 nitrogen and oxygen atoms in total. The Morgan fingerprint density at radius 3 is 2.85 bits per heavy atom. The standard InChI is InChI=1S/C17H15ClN6O2S/c1-3-11-14(19)20-8-21-15(11)26-10-4-5-13(12(18)6-10)23-16(25)24-17-22-9(2)7-27-17/h3-8H,1H2,2H3,(H2,19,20,21)(H2,22,23,24,25). The molecule has 0 aliphatic carbocycles. The fraction of sp³-hybridized carbons (Fsp3) is 0.0588. The molecule has 0 radical (unpaired) electrons. The summed E-state index contributed by atoms with van der Waals surface area (Å²) in [5.74, 6) is 0.933. The summed E-state index contributed by atoms with van der Waals surface area (Å²) in [6.07, 6.45) is 2.80. The van der Waals surface area contributed by atoms with E-state index in [1.807, 2.05) is 12.3 Å². The van der Waals surface area contributed by atoms with E-state index in [0.717, 1.165) is 5.69 Å². The Bertz CT molecular complexity index is 1010. The Hall–Kier alpha value is -3.17. The van der Waals surface area contributed by atoms with Crippen LogP contribution >= 0.6 is 22.9 Å². The van der Waals surface area contributed by atoms with Crippen molar-refractivity contribution in [2.24, 2.45) is 0 Å². The molecule has 10 heteroatoms. The predicted molar refractivity (Wildman–Crippen MR) is 108 cm³/mol. The summed E-state index contributed by atoms with van der Waals surface area (Å²) >= 11 is 7.57. The first-order valence-electron chi connectivity index (χ1n) is 7.66. The molecule has 0 fully saturated rings. The number of carbonyl (C=O) groups excluding carboxylic acids is 1. The molecule has 2 aromatic heterocycles. The van der Waals surface area contributed by atoms with Crippen LogP contribution in [0.4, 0.5) is 21.4 Å². The van der Waals surface area contributed by atoms with Gasteiger partial charge in [0.25, 0.3) is 0 Å². The van der Waals surface area contributed by atoms with Crippen LogP contribution in [0, 0.1) is 6.92 Å². The average molecular weight is 403 g/mol. The van der Waals surface area contributed by atoms with E-state index >= 15 is 0 Å².